The molecular weight excluding hydrogens is 432 g/mol. The van der Waals surface area contributed by atoms with Crippen molar-refractivity contribution in [3.05, 3.63) is 83.1 Å². The van der Waals surface area contributed by atoms with Crippen molar-refractivity contribution in [1.29, 1.82) is 0 Å². The largest absolute Gasteiger partial charge is 0.503 e. The monoisotopic (exact) mass is 462 g/mol. The van der Waals surface area contributed by atoms with Crippen molar-refractivity contribution in [3.63, 3.8) is 0 Å². The number of nitrogens with zero attached hydrogens (tertiary/aromatic N) is 2. The summed E-state index contributed by atoms with van der Waals surface area (Å²) in [5.41, 5.74) is 1.61. The Labute approximate surface area is 199 Å². The second-order valence-electron chi connectivity index (χ2n) is 8.32. The number of rotatable bonds is 9. The van der Waals surface area contributed by atoms with Crippen LogP contribution >= 0.6 is 0 Å². The Morgan fingerprint density at radius 1 is 1.09 bits per heavy atom. The molecule has 2 aliphatic heterocycles. The molecule has 7 nitrogen and oxygen atoms in total. The zero-order chi connectivity index (χ0) is 23.9. The van der Waals surface area contributed by atoms with Crippen LogP contribution in [0, 0.1) is 0 Å². The number of ether oxygens (including phenoxy) is 2. The van der Waals surface area contributed by atoms with Gasteiger partial charge in [0.2, 0.25) is 0 Å². The minimum absolute atomic E-state index is 0.0769. The highest BCUT2D eigenvalue weighted by Crippen LogP contribution is 2.41. The van der Waals surface area contributed by atoms with Crippen molar-refractivity contribution in [2.24, 2.45) is 0 Å². The van der Waals surface area contributed by atoms with Gasteiger partial charge in [-0.1, -0.05) is 54.6 Å². The van der Waals surface area contributed by atoms with E-state index in [4.69, 9.17) is 9.47 Å². The third kappa shape index (κ3) is 5.21. The van der Waals surface area contributed by atoms with Gasteiger partial charge in [-0.2, -0.15) is 0 Å². The van der Waals surface area contributed by atoms with E-state index in [0.717, 1.165) is 25.2 Å². The van der Waals surface area contributed by atoms with Gasteiger partial charge in [0.05, 0.1) is 31.9 Å². The first-order chi connectivity index (χ1) is 16.6. The van der Waals surface area contributed by atoms with Crippen molar-refractivity contribution in [1.82, 2.24) is 9.80 Å². The maximum atomic E-state index is 13.3. The van der Waals surface area contributed by atoms with Crippen molar-refractivity contribution >= 4 is 17.8 Å². The lowest BCUT2D eigenvalue weighted by Gasteiger charge is -2.30. The average molecular weight is 463 g/mol. The molecule has 0 unspecified atom stereocenters. The number of morpholine rings is 1. The van der Waals surface area contributed by atoms with E-state index in [2.05, 4.69) is 4.90 Å². The van der Waals surface area contributed by atoms with E-state index in [0.29, 0.717) is 37.5 Å². The van der Waals surface area contributed by atoms with Crippen molar-refractivity contribution < 1.29 is 24.2 Å². The first kappa shape index (κ1) is 23.7. The minimum atomic E-state index is -0.721. The molecular formula is C27H30N2O5. The molecule has 0 spiro atoms. The van der Waals surface area contributed by atoms with E-state index in [1.165, 1.54) is 6.08 Å². The highest BCUT2D eigenvalue weighted by Gasteiger charge is 2.43. The molecule has 34 heavy (non-hydrogen) atoms. The standard InChI is InChI=1S/C27H30N2O5/c1-33-23-11-6-5-10-21(23)25-24(22(30)13-12-20-8-3-2-4-9-20)26(31)27(32)29(25)15-7-14-28-16-18-34-19-17-28/h2-6,8-13,25,31H,7,14-19H2,1H3/b13-12-/t25-/m1/s1. The van der Waals surface area contributed by atoms with E-state index < -0.39 is 23.5 Å². The molecule has 2 aromatic carbocycles. The molecule has 2 aliphatic rings. The predicted octanol–water partition coefficient (Wildman–Crippen LogP) is 3.40. The number of hydrogen-bond acceptors (Lipinski definition) is 6. The second-order valence-corrected chi connectivity index (χ2v) is 8.32. The van der Waals surface area contributed by atoms with Crippen LogP contribution in [0.1, 0.15) is 23.6 Å². The quantitative estimate of drug-likeness (QED) is 0.576. The molecule has 7 heteroatoms. The van der Waals surface area contributed by atoms with Crippen LogP contribution in [0.15, 0.2) is 72.0 Å². The summed E-state index contributed by atoms with van der Waals surface area (Å²) in [6.07, 6.45) is 3.81. The van der Waals surface area contributed by atoms with Crippen molar-refractivity contribution in [2.45, 2.75) is 12.5 Å². The molecule has 1 saturated heterocycles. The Morgan fingerprint density at radius 3 is 2.53 bits per heavy atom. The van der Waals surface area contributed by atoms with Gasteiger partial charge >= 0.3 is 0 Å². The van der Waals surface area contributed by atoms with Gasteiger partial charge in [-0.05, 0) is 24.1 Å². The molecule has 178 valence electrons. The number of methoxy groups -OCH3 is 1. The van der Waals surface area contributed by atoms with Crippen LogP contribution in [-0.2, 0) is 14.3 Å². The fourth-order valence-corrected chi connectivity index (χ4v) is 4.47. The zero-order valence-electron chi connectivity index (χ0n) is 19.4. The minimum Gasteiger partial charge on any atom is -0.503 e. The molecule has 0 saturated carbocycles. The highest BCUT2D eigenvalue weighted by atomic mass is 16.5. The lowest BCUT2D eigenvalue weighted by molar-refractivity contribution is -0.129. The lowest BCUT2D eigenvalue weighted by atomic mass is 9.94. The molecule has 4 rings (SSSR count). The molecule has 0 bridgehead atoms. The maximum Gasteiger partial charge on any atom is 0.290 e. The average Bonchev–Trinajstić information content (AvgIpc) is 3.13. The molecule has 1 atom stereocenters. The molecule has 2 heterocycles. The van der Waals surface area contributed by atoms with Gasteiger partial charge in [-0.15, -0.1) is 0 Å². The van der Waals surface area contributed by atoms with Gasteiger partial charge in [0.15, 0.2) is 11.5 Å². The van der Waals surface area contributed by atoms with Crippen molar-refractivity contribution in [3.8, 4) is 5.75 Å². The zero-order valence-corrected chi connectivity index (χ0v) is 19.4. The van der Waals surface area contributed by atoms with Crippen LogP contribution in [0.5, 0.6) is 5.75 Å². The number of ketones is 1. The molecule has 0 aromatic heterocycles. The number of carbonyl (C=O) groups excluding carboxylic acids is 2. The Balaban J connectivity index is 1.60. The first-order valence-electron chi connectivity index (χ1n) is 11.5. The summed E-state index contributed by atoms with van der Waals surface area (Å²) >= 11 is 0. The fourth-order valence-electron chi connectivity index (χ4n) is 4.47. The molecule has 0 radical (unpaired) electrons. The van der Waals surface area contributed by atoms with Gasteiger partial charge in [0.25, 0.3) is 5.91 Å². The summed E-state index contributed by atoms with van der Waals surface area (Å²) in [6, 6.07) is 16.0. The van der Waals surface area contributed by atoms with E-state index in [9.17, 15) is 14.7 Å². The normalized spacial score (nSPS) is 19.3. The summed E-state index contributed by atoms with van der Waals surface area (Å²) < 4.78 is 10.9. The summed E-state index contributed by atoms with van der Waals surface area (Å²) in [6.45, 7) is 4.36. The van der Waals surface area contributed by atoms with Crippen LogP contribution in [0.2, 0.25) is 0 Å². The fraction of sp³-hybridized carbons (Fsp3) is 0.333. The predicted molar refractivity (Wildman–Crippen MR) is 129 cm³/mol. The lowest BCUT2D eigenvalue weighted by Crippen LogP contribution is -2.39. The number of aliphatic hydroxyl groups is 1. The number of aliphatic hydroxyl groups excluding tert-OH is 1. The summed E-state index contributed by atoms with van der Waals surface area (Å²) in [4.78, 5) is 30.3. The molecule has 1 N–H and O–H groups in total. The van der Waals surface area contributed by atoms with E-state index >= 15 is 0 Å². The van der Waals surface area contributed by atoms with Crippen LogP contribution in [0.25, 0.3) is 6.08 Å². The van der Waals surface area contributed by atoms with Crippen LogP contribution in [-0.4, -0.2) is 73.1 Å². The number of amides is 1. The number of para-hydroxylation sites is 1. The molecule has 0 aliphatic carbocycles. The van der Waals surface area contributed by atoms with Gasteiger partial charge in [0.1, 0.15) is 5.75 Å². The van der Waals surface area contributed by atoms with E-state index in [1.54, 1.807) is 24.2 Å². The molecule has 2 aromatic rings. The van der Waals surface area contributed by atoms with Gasteiger partial charge in [-0.25, -0.2) is 0 Å². The molecule has 1 amide bonds. The van der Waals surface area contributed by atoms with Gasteiger partial charge in [-0.3, -0.25) is 14.5 Å². The third-order valence-electron chi connectivity index (χ3n) is 6.21. The Morgan fingerprint density at radius 2 is 1.79 bits per heavy atom. The van der Waals surface area contributed by atoms with Crippen LogP contribution < -0.4 is 4.74 Å². The SMILES string of the molecule is COc1ccccc1[C@@H]1C(C(=O)/C=C\c2ccccc2)=C(O)C(=O)N1CCCN1CCOCC1. The Kier molecular flexibility index (Phi) is 7.77. The van der Waals surface area contributed by atoms with Crippen molar-refractivity contribution in [2.75, 3.05) is 46.5 Å². The van der Waals surface area contributed by atoms with Crippen LogP contribution in [0.3, 0.4) is 0 Å². The third-order valence-corrected chi connectivity index (χ3v) is 6.21. The summed E-state index contributed by atoms with van der Waals surface area (Å²) in [5.74, 6) is -0.869. The maximum absolute atomic E-state index is 13.3. The number of allylic oxidation sites excluding steroid dienone is 1. The topological polar surface area (TPSA) is 79.3 Å². The number of carbonyl (C=O) groups is 2. The van der Waals surface area contributed by atoms with E-state index in [-0.39, 0.29) is 5.57 Å². The van der Waals surface area contributed by atoms with Crippen LogP contribution in [0.4, 0.5) is 0 Å². The highest BCUT2D eigenvalue weighted by molar-refractivity contribution is 6.14. The Bertz CT molecular complexity index is 1070. The second kappa shape index (κ2) is 11.1. The van der Waals surface area contributed by atoms with Gasteiger partial charge < -0.3 is 19.5 Å². The summed E-state index contributed by atoms with van der Waals surface area (Å²) in [7, 11) is 1.55. The Hall–Kier alpha value is -3.42. The number of hydrogen-bond donors (Lipinski definition) is 1. The smallest absolute Gasteiger partial charge is 0.290 e. The van der Waals surface area contributed by atoms with Gasteiger partial charge in [0, 0.05) is 31.7 Å². The number of benzene rings is 2. The van der Waals surface area contributed by atoms with E-state index in [1.807, 2.05) is 48.5 Å². The first-order valence-corrected chi connectivity index (χ1v) is 11.5. The molecule has 1 fully saturated rings. The summed E-state index contributed by atoms with van der Waals surface area (Å²) in [5, 5.41) is 10.8.